The lowest BCUT2D eigenvalue weighted by molar-refractivity contribution is -0.385. The molecule has 0 radical (unpaired) electrons. The van der Waals surface area contributed by atoms with E-state index in [4.69, 9.17) is 21.1 Å². The molecule has 0 fully saturated rings. The predicted octanol–water partition coefficient (Wildman–Crippen LogP) is 3.66. The Labute approximate surface area is 143 Å². The van der Waals surface area contributed by atoms with Gasteiger partial charge in [0, 0.05) is 16.8 Å². The minimum absolute atomic E-state index is 0.116. The van der Waals surface area contributed by atoms with Crippen LogP contribution in [0.3, 0.4) is 0 Å². The van der Waals surface area contributed by atoms with Crippen LogP contribution in [0.15, 0.2) is 42.5 Å². The van der Waals surface area contributed by atoms with Gasteiger partial charge in [0.2, 0.25) is 0 Å². The highest BCUT2D eigenvalue weighted by Crippen LogP contribution is 2.32. The van der Waals surface area contributed by atoms with Crippen molar-refractivity contribution >= 4 is 28.9 Å². The molecule has 0 unspecified atom stereocenters. The fraction of sp³-hybridized carbons (Fsp3) is 0.188. The largest absolute Gasteiger partial charge is 0.493 e. The third-order valence-electron chi connectivity index (χ3n) is 3.14. The number of nitrogens with zero attached hydrogens (tertiary/aromatic N) is 1. The number of ether oxygens (including phenoxy) is 2. The molecule has 2 rings (SSSR count). The van der Waals surface area contributed by atoms with Crippen molar-refractivity contribution in [2.45, 2.75) is 13.0 Å². The van der Waals surface area contributed by atoms with Crippen molar-refractivity contribution in [2.75, 3.05) is 12.4 Å². The van der Waals surface area contributed by atoms with Gasteiger partial charge in [-0.15, -0.1) is 0 Å². The van der Waals surface area contributed by atoms with E-state index >= 15 is 0 Å². The van der Waals surface area contributed by atoms with E-state index in [2.05, 4.69) is 5.32 Å². The minimum Gasteiger partial charge on any atom is -0.493 e. The van der Waals surface area contributed by atoms with Crippen molar-refractivity contribution in [3.63, 3.8) is 0 Å². The highest BCUT2D eigenvalue weighted by atomic mass is 35.5. The number of benzene rings is 2. The maximum Gasteiger partial charge on any atom is 0.273 e. The Morgan fingerprint density at radius 1 is 1.21 bits per heavy atom. The molecule has 1 atom stereocenters. The van der Waals surface area contributed by atoms with E-state index in [0.717, 1.165) is 0 Å². The quantitative estimate of drug-likeness (QED) is 0.634. The van der Waals surface area contributed by atoms with Gasteiger partial charge in [-0.3, -0.25) is 14.9 Å². The minimum atomic E-state index is -0.892. The van der Waals surface area contributed by atoms with Crippen LogP contribution < -0.4 is 14.8 Å². The van der Waals surface area contributed by atoms with E-state index < -0.39 is 16.9 Å². The number of nitrogens with one attached hydrogen (secondary N) is 1. The third kappa shape index (κ3) is 4.36. The van der Waals surface area contributed by atoms with E-state index in [1.165, 1.54) is 32.2 Å². The number of carbonyl (C=O) groups excluding carboxylic acids is 1. The number of carbonyl (C=O) groups is 1. The number of halogens is 1. The first-order chi connectivity index (χ1) is 11.4. The monoisotopic (exact) mass is 350 g/mol. The second kappa shape index (κ2) is 7.65. The van der Waals surface area contributed by atoms with Crippen LogP contribution >= 0.6 is 11.6 Å². The van der Waals surface area contributed by atoms with Crippen LogP contribution in [-0.2, 0) is 4.79 Å². The molecule has 24 heavy (non-hydrogen) atoms. The van der Waals surface area contributed by atoms with E-state index in [1.807, 2.05) is 0 Å². The van der Waals surface area contributed by atoms with Crippen molar-refractivity contribution in [2.24, 2.45) is 0 Å². The Morgan fingerprint density at radius 2 is 1.88 bits per heavy atom. The maximum absolute atomic E-state index is 12.2. The molecule has 0 aliphatic rings. The summed E-state index contributed by atoms with van der Waals surface area (Å²) in [7, 11) is 1.41. The number of rotatable bonds is 6. The van der Waals surface area contributed by atoms with Gasteiger partial charge in [-0.05, 0) is 37.3 Å². The molecule has 7 nitrogen and oxygen atoms in total. The molecule has 0 aromatic heterocycles. The first-order valence-corrected chi connectivity index (χ1v) is 7.34. The summed E-state index contributed by atoms with van der Waals surface area (Å²) in [5.41, 5.74) is 0.405. The van der Waals surface area contributed by atoms with Crippen LogP contribution in [0, 0.1) is 10.1 Å². The molecule has 1 amide bonds. The highest BCUT2D eigenvalue weighted by Gasteiger charge is 2.19. The summed E-state index contributed by atoms with van der Waals surface area (Å²) in [5, 5.41) is 14.1. The summed E-state index contributed by atoms with van der Waals surface area (Å²) < 4.78 is 10.6. The second-order valence-electron chi connectivity index (χ2n) is 4.85. The smallest absolute Gasteiger partial charge is 0.273 e. The van der Waals surface area contributed by atoms with Gasteiger partial charge in [-0.2, -0.15) is 0 Å². The molecule has 0 spiro atoms. The molecule has 0 aliphatic carbocycles. The summed E-state index contributed by atoms with van der Waals surface area (Å²) >= 11 is 5.79. The van der Waals surface area contributed by atoms with Crippen LogP contribution in [0.5, 0.6) is 11.5 Å². The number of anilines is 1. The predicted molar refractivity (Wildman–Crippen MR) is 89.8 cm³/mol. The van der Waals surface area contributed by atoms with Crippen molar-refractivity contribution in [3.8, 4) is 11.5 Å². The third-order valence-corrected chi connectivity index (χ3v) is 3.39. The molecule has 0 aliphatic heterocycles. The fourth-order valence-electron chi connectivity index (χ4n) is 1.89. The number of nitro benzene ring substituents is 1. The maximum atomic E-state index is 12.2. The first kappa shape index (κ1) is 17.6. The Morgan fingerprint density at radius 3 is 2.46 bits per heavy atom. The molecule has 0 bridgehead atoms. The number of methoxy groups -OCH3 is 1. The van der Waals surface area contributed by atoms with Gasteiger partial charge in [0.25, 0.3) is 11.6 Å². The van der Waals surface area contributed by atoms with Crippen LogP contribution in [0.4, 0.5) is 11.4 Å². The van der Waals surface area contributed by atoms with Gasteiger partial charge in [-0.25, -0.2) is 0 Å². The van der Waals surface area contributed by atoms with Crippen molar-refractivity contribution < 1.29 is 19.2 Å². The Balaban J connectivity index is 2.11. The molecular formula is C16H15ClN2O5. The van der Waals surface area contributed by atoms with Gasteiger partial charge in [-0.1, -0.05) is 11.6 Å². The lowest BCUT2D eigenvalue weighted by Gasteiger charge is -2.16. The zero-order chi connectivity index (χ0) is 17.7. The van der Waals surface area contributed by atoms with E-state index in [9.17, 15) is 14.9 Å². The molecule has 2 aromatic rings. The number of amides is 1. The van der Waals surface area contributed by atoms with Gasteiger partial charge in [0.05, 0.1) is 18.1 Å². The van der Waals surface area contributed by atoms with Crippen LogP contribution in [0.2, 0.25) is 5.02 Å². The van der Waals surface area contributed by atoms with Gasteiger partial charge in [0.15, 0.2) is 17.6 Å². The zero-order valence-electron chi connectivity index (χ0n) is 13.0. The molecule has 2 aromatic carbocycles. The second-order valence-corrected chi connectivity index (χ2v) is 5.28. The van der Waals surface area contributed by atoms with E-state index in [0.29, 0.717) is 16.5 Å². The highest BCUT2D eigenvalue weighted by molar-refractivity contribution is 6.30. The Hall–Kier alpha value is -2.80. The lowest BCUT2D eigenvalue weighted by atomic mass is 10.2. The average molecular weight is 351 g/mol. The summed E-state index contributed by atoms with van der Waals surface area (Å²) in [6.45, 7) is 1.53. The topological polar surface area (TPSA) is 90.7 Å². The molecule has 1 N–H and O–H groups in total. The van der Waals surface area contributed by atoms with Gasteiger partial charge >= 0.3 is 0 Å². The number of non-ortho nitro benzene ring substituents is 1. The van der Waals surface area contributed by atoms with E-state index in [1.54, 1.807) is 24.3 Å². The van der Waals surface area contributed by atoms with Crippen molar-refractivity contribution in [1.82, 2.24) is 0 Å². The molecule has 0 heterocycles. The van der Waals surface area contributed by atoms with E-state index in [-0.39, 0.29) is 11.4 Å². The van der Waals surface area contributed by atoms with Gasteiger partial charge in [0.1, 0.15) is 0 Å². The summed E-state index contributed by atoms with van der Waals surface area (Å²) in [6, 6.07) is 10.5. The van der Waals surface area contributed by atoms with Crippen molar-refractivity contribution in [1.29, 1.82) is 0 Å². The molecule has 0 saturated carbocycles. The number of nitro groups is 1. The van der Waals surface area contributed by atoms with Crippen LogP contribution in [0.25, 0.3) is 0 Å². The normalized spacial score (nSPS) is 11.5. The lowest BCUT2D eigenvalue weighted by Crippen LogP contribution is -2.30. The van der Waals surface area contributed by atoms with Gasteiger partial charge < -0.3 is 14.8 Å². The first-order valence-electron chi connectivity index (χ1n) is 6.96. The number of hydrogen-bond donors (Lipinski definition) is 1. The average Bonchev–Trinajstić information content (AvgIpc) is 2.56. The SMILES string of the molecule is COc1ccc([N+](=O)[O-])cc1O[C@H](C)C(=O)Nc1ccc(Cl)cc1. The molecule has 8 heteroatoms. The summed E-state index contributed by atoms with van der Waals surface area (Å²) in [5.74, 6) is 0.00285. The Kier molecular flexibility index (Phi) is 5.59. The van der Waals surface area contributed by atoms with Crippen LogP contribution in [0.1, 0.15) is 6.92 Å². The van der Waals surface area contributed by atoms with Crippen molar-refractivity contribution in [3.05, 3.63) is 57.6 Å². The van der Waals surface area contributed by atoms with Crippen LogP contribution in [-0.4, -0.2) is 24.0 Å². The Bertz CT molecular complexity index is 749. The fourth-order valence-corrected chi connectivity index (χ4v) is 2.02. The summed E-state index contributed by atoms with van der Waals surface area (Å²) in [6.07, 6.45) is -0.892. The molecule has 0 saturated heterocycles. The number of hydrogen-bond acceptors (Lipinski definition) is 5. The standard InChI is InChI=1S/C16H15ClN2O5/c1-10(16(20)18-12-5-3-11(17)4-6-12)24-15-9-13(19(21)22)7-8-14(15)23-2/h3-10H,1-2H3,(H,18,20)/t10-/m1/s1. The zero-order valence-corrected chi connectivity index (χ0v) is 13.7. The molecule has 126 valence electrons. The molecular weight excluding hydrogens is 336 g/mol. The summed E-state index contributed by atoms with van der Waals surface area (Å²) in [4.78, 5) is 22.5.